The molecule has 0 spiro atoms. The molecule has 1 aliphatic rings. The van der Waals surface area contributed by atoms with Gasteiger partial charge >= 0.3 is 6.18 Å². The first kappa shape index (κ1) is 20.8. The van der Waals surface area contributed by atoms with Crippen molar-refractivity contribution in [1.29, 1.82) is 0 Å². The molecule has 2 aromatic heterocycles. The summed E-state index contributed by atoms with van der Waals surface area (Å²) < 4.78 is 53.5. The third-order valence-corrected chi connectivity index (χ3v) is 4.81. The fraction of sp³-hybridized carbons (Fsp3) is 0.389. The molecule has 0 atom stereocenters. The van der Waals surface area contributed by atoms with E-state index in [0.717, 1.165) is 37.0 Å². The summed E-state index contributed by atoms with van der Waals surface area (Å²) >= 11 is 0. The molecule has 0 unspecified atom stereocenters. The van der Waals surface area contributed by atoms with Crippen molar-refractivity contribution < 1.29 is 22.4 Å². The van der Waals surface area contributed by atoms with Crippen molar-refractivity contribution in [3.63, 3.8) is 0 Å². The Balaban J connectivity index is 1.50. The molecule has 0 saturated carbocycles. The molecule has 164 valence electrons. The molecule has 3 heterocycles. The van der Waals surface area contributed by atoms with Crippen LogP contribution in [0.2, 0.25) is 0 Å². The van der Waals surface area contributed by atoms with Crippen molar-refractivity contribution >= 4 is 17.3 Å². The first-order chi connectivity index (χ1) is 14.7. The van der Waals surface area contributed by atoms with Crippen LogP contribution < -0.4 is 10.2 Å². The van der Waals surface area contributed by atoms with E-state index in [1.54, 1.807) is 17.2 Å². The van der Waals surface area contributed by atoms with Crippen molar-refractivity contribution in [3.8, 4) is 5.95 Å². The Morgan fingerprint density at radius 2 is 1.90 bits per heavy atom. The number of alkyl halides is 3. The van der Waals surface area contributed by atoms with E-state index in [-0.39, 0.29) is 17.3 Å². The molecule has 1 fully saturated rings. The van der Waals surface area contributed by atoms with Gasteiger partial charge in [0.2, 0.25) is 11.6 Å². The summed E-state index contributed by atoms with van der Waals surface area (Å²) in [6.45, 7) is 2.99. The van der Waals surface area contributed by atoms with Gasteiger partial charge in [-0.2, -0.15) is 22.8 Å². The number of nitrogens with one attached hydrogen (secondary N) is 2. The van der Waals surface area contributed by atoms with Crippen molar-refractivity contribution in [2.24, 2.45) is 0 Å². The van der Waals surface area contributed by atoms with Crippen LogP contribution in [0, 0.1) is 12.7 Å². The van der Waals surface area contributed by atoms with Gasteiger partial charge in [-0.15, -0.1) is 10.2 Å². The molecule has 1 aromatic carbocycles. The molecule has 0 radical (unpaired) electrons. The van der Waals surface area contributed by atoms with Crippen LogP contribution in [0.15, 0.2) is 18.2 Å². The second-order valence-electron chi connectivity index (χ2n) is 7.04. The Kier molecular flexibility index (Phi) is 5.33. The van der Waals surface area contributed by atoms with Gasteiger partial charge in [-0.1, -0.05) is 0 Å². The zero-order valence-corrected chi connectivity index (χ0v) is 16.4. The maximum Gasteiger partial charge on any atom is 0.451 e. The standard InChI is InChI=1S/C18H18F4N8O/c1-10-23-14(28-30(10)17-25-16(26-27-17)18(20,21)22)15(31)24-11-5-6-13(12(19)9-11)29-7-3-2-4-8-29/h5-6,9H,2-4,7-8H2,1H3,(H,24,31)(H,25,26,27). The zero-order chi connectivity index (χ0) is 22.2. The Morgan fingerprint density at radius 3 is 2.55 bits per heavy atom. The average Bonchev–Trinajstić information content (AvgIpc) is 3.35. The molecular formula is C18H18F4N8O. The quantitative estimate of drug-likeness (QED) is 0.607. The number of rotatable bonds is 4. The molecule has 1 saturated heterocycles. The number of carbonyl (C=O) groups excluding carboxylic acids is 1. The number of benzene rings is 1. The smallest absolute Gasteiger partial charge is 0.369 e. The van der Waals surface area contributed by atoms with Gasteiger partial charge in [-0.25, -0.2) is 9.37 Å². The summed E-state index contributed by atoms with van der Waals surface area (Å²) in [5, 5.41) is 11.6. The van der Waals surface area contributed by atoms with E-state index in [9.17, 15) is 22.4 Å². The highest BCUT2D eigenvalue weighted by Gasteiger charge is 2.35. The summed E-state index contributed by atoms with van der Waals surface area (Å²) in [4.78, 5) is 21.7. The lowest BCUT2D eigenvalue weighted by Gasteiger charge is -2.29. The Hall–Kier alpha value is -3.51. The number of H-pyrrole nitrogens is 1. The third kappa shape index (κ3) is 4.34. The van der Waals surface area contributed by atoms with Gasteiger partial charge in [0.15, 0.2) is 0 Å². The third-order valence-electron chi connectivity index (χ3n) is 4.81. The van der Waals surface area contributed by atoms with Crippen LogP contribution in [0.4, 0.5) is 28.9 Å². The van der Waals surface area contributed by atoms with Crippen LogP contribution in [0.1, 0.15) is 41.5 Å². The first-order valence-electron chi connectivity index (χ1n) is 9.52. The maximum absolute atomic E-state index is 14.5. The number of halogens is 4. The maximum atomic E-state index is 14.5. The fourth-order valence-electron chi connectivity index (χ4n) is 3.31. The van der Waals surface area contributed by atoms with E-state index in [1.807, 2.05) is 4.90 Å². The predicted octanol–water partition coefficient (Wildman–Crippen LogP) is 3.09. The lowest BCUT2D eigenvalue weighted by Crippen LogP contribution is -2.30. The van der Waals surface area contributed by atoms with Crippen LogP contribution in [-0.4, -0.2) is 48.9 Å². The molecule has 3 aromatic rings. The fourth-order valence-corrected chi connectivity index (χ4v) is 3.31. The topological polar surface area (TPSA) is 105 Å². The largest absolute Gasteiger partial charge is 0.451 e. The number of aromatic nitrogens is 6. The van der Waals surface area contributed by atoms with Gasteiger partial charge in [0, 0.05) is 18.8 Å². The van der Waals surface area contributed by atoms with Crippen molar-refractivity contribution in [3.05, 3.63) is 41.5 Å². The minimum Gasteiger partial charge on any atom is -0.369 e. The summed E-state index contributed by atoms with van der Waals surface area (Å²) in [5.74, 6) is -3.14. The summed E-state index contributed by atoms with van der Waals surface area (Å²) in [5.41, 5.74) is 0.676. The molecule has 1 aliphatic heterocycles. The number of hydrogen-bond donors (Lipinski definition) is 2. The predicted molar refractivity (Wildman–Crippen MR) is 101 cm³/mol. The second kappa shape index (κ2) is 7.96. The van der Waals surface area contributed by atoms with Crippen molar-refractivity contribution in [2.75, 3.05) is 23.3 Å². The molecule has 9 nitrogen and oxygen atoms in total. The molecule has 13 heteroatoms. The number of hydrogen-bond acceptors (Lipinski definition) is 6. The van der Waals surface area contributed by atoms with E-state index in [4.69, 9.17) is 0 Å². The normalized spacial score (nSPS) is 14.7. The Morgan fingerprint density at radius 1 is 1.16 bits per heavy atom. The summed E-state index contributed by atoms with van der Waals surface area (Å²) in [6.07, 6.45) is -1.58. The van der Waals surface area contributed by atoms with Crippen LogP contribution in [0.5, 0.6) is 0 Å². The lowest BCUT2D eigenvalue weighted by atomic mass is 10.1. The zero-order valence-electron chi connectivity index (χ0n) is 16.4. The second-order valence-corrected chi connectivity index (χ2v) is 7.04. The monoisotopic (exact) mass is 438 g/mol. The highest BCUT2D eigenvalue weighted by Crippen LogP contribution is 2.27. The van der Waals surface area contributed by atoms with Gasteiger partial charge in [0.05, 0.1) is 5.69 Å². The van der Waals surface area contributed by atoms with Crippen molar-refractivity contribution in [2.45, 2.75) is 32.4 Å². The number of amides is 1. The van der Waals surface area contributed by atoms with Gasteiger partial charge in [-0.05, 0) is 44.4 Å². The highest BCUT2D eigenvalue weighted by atomic mass is 19.4. The minimum atomic E-state index is -4.70. The van der Waals surface area contributed by atoms with Gasteiger partial charge in [-0.3, -0.25) is 9.89 Å². The van der Waals surface area contributed by atoms with Crippen molar-refractivity contribution in [1.82, 2.24) is 29.9 Å². The summed E-state index contributed by atoms with van der Waals surface area (Å²) in [7, 11) is 0. The lowest BCUT2D eigenvalue weighted by molar-refractivity contribution is -0.144. The molecule has 2 N–H and O–H groups in total. The minimum absolute atomic E-state index is 0.101. The first-order valence-corrected chi connectivity index (χ1v) is 9.52. The number of carbonyl (C=O) groups is 1. The van der Waals surface area contributed by atoms with Gasteiger partial charge in [0.25, 0.3) is 11.9 Å². The molecule has 0 aliphatic carbocycles. The summed E-state index contributed by atoms with van der Waals surface area (Å²) in [6, 6.07) is 4.37. The number of aromatic amines is 1. The molecular weight excluding hydrogens is 420 g/mol. The molecule has 0 bridgehead atoms. The van der Waals surface area contributed by atoms with E-state index in [2.05, 4.69) is 25.5 Å². The highest BCUT2D eigenvalue weighted by molar-refractivity contribution is 6.01. The van der Waals surface area contributed by atoms with Gasteiger partial charge < -0.3 is 10.2 Å². The molecule has 1 amide bonds. The van der Waals surface area contributed by atoms with Crippen LogP contribution in [0.3, 0.4) is 0 Å². The molecule has 4 rings (SSSR count). The number of aryl methyl sites for hydroxylation is 1. The van der Waals surface area contributed by atoms with E-state index in [1.165, 1.54) is 13.0 Å². The van der Waals surface area contributed by atoms with E-state index >= 15 is 0 Å². The van der Waals surface area contributed by atoms with Crippen LogP contribution in [0.25, 0.3) is 5.95 Å². The Bertz CT molecular complexity index is 1100. The number of piperidine rings is 1. The van der Waals surface area contributed by atoms with Crippen LogP contribution >= 0.6 is 0 Å². The molecule has 31 heavy (non-hydrogen) atoms. The van der Waals surface area contributed by atoms with E-state index < -0.39 is 29.7 Å². The number of nitrogens with zero attached hydrogens (tertiary/aromatic N) is 6. The van der Waals surface area contributed by atoms with Crippen LogP contribution in [-0.2, 0) is 6.18 Å². The Labute approximate surface area is 173 Å². The average molecular weight is 438 g/mol. The van der Waals surface area contributed by atoms with E-state index in [0.29, 0.717) is 5.69 Å². The SMILES string of the molecule is Cc1nc(C(=O)Nc2ccc(N3CCCCC3)c(F)c2)nn1-c1n[nH]c(C(F)(F)F)n1. The number of anilines is 2. The van der Waals surface area contributed by atoms with Gasteiger partial charge in [0.1, 0.15) is 11.6 Å².